The van der Waals surface area contributed by atoms with Gasteiger partial charge in [0, 0.05) is 16.7 Å². The van der Waals surface area contributed by atoms with Crippen molar-refractivity contribution in [2.24, 2.45) is 0 Å². The molecule has 2 aromatic rings. The Hall–Kier alpha value is -0.650. The first-order valence-corrected chi connectivity index (χ1v) is 8.27. The van der Waals surface area contributed by atoms with Gasteiger partial charge in [0.25, 0.3) is 5.91 Å². The Bertz CT molecular complexity index is 590. The summed E-state index contributed by atoms with van der Waals surface area (Å²) in [7, 11) is 0. The van der Waals surface area contributed by atoms with Crippen molar-refractivity contribution in [3.63, 3.8) is 0 Å². The molecular formula is C14H13Br2NOS. The van der Waals surface area contributed by atoms with Gasteiger partial charge < -0.3 is 4.90 Å². The largest absolute Gasteiger partial charge is 0.308 e. The summed E-state index contributed by atoms with van der Waals surface area (Å²) in [6.07, 6.45) is 0. The molecule has 19 heavy (non-hydrogen) atoms. The molecule has 1 heterocycles. The van der Waals surface area contributed by atoms with Gasteiger partial charge in [0.05, 0.1) is 8.66 Å². The fourth-order valence-corrected chi connectivity index (χ4v) is 3.86. The third-order valence-corrected chi connectivity index (χ3v) is 6.07. The van der Waals surface area contributed by atoms with Crippen molar-refractivity contribution in [3.05, 3.63) is 49.0 Å². The van der Waals surface area contributed by atoms with E-state index >= 15 is 0 Å². The van der Waals surface area contributed by atoms with Crippen LogP contribution in [0.5, 0.6) is 0 Å². The maximum Gasteiger partial charge on any atom is 0.268 e. The molecule has 100 valence electrons. The predicted molar refractivity (Wildman–Crippen MR) is 88.2 cm³/mol. The summed E-state index contributed by atoms with van der Waals surface area (Å²) in [5.41, 5.74) is 2.07. The molecule has 2 rings (SSSR count). The van der Waals surface area contributed by atoms with Crippen LogP contribution in [0.25, 0.3) is 0 Å². The quantitative estimate of drug-likeness (QED) is 0.686. The number of anilines is 1. The zero-order chi connectivity index (χ0) is 14.0. The van der Waals surface area contributed by atoms with Crippen LogP contribution in [0.1, 0.15) is 22.2 Å². The van der Waals surface area contributed by atoms with Crippen LogP contribution >= 0.6 is 43.2 Å². The Morgan fingerprint density at radius 3 is 2.53 bits per heavy atom. The number of halogens is 2. The van der Waals surface area contributed by atoms with E-state index in [1.165, 1.54) is 11.3 Å². The van der Waals surface area contributed by atoms with Gasteiger partial charge in [-0.2, -0.15) is 0 Å². The highest BCUT2D eigenvalue weighted by atomic mass is 79.9. The Balaban J connectivity index is 2.37. The lowest BCUT2D eigenvalue weighted by molar-refractivity contribution is 0.0992. The molecule has 0 bridgehead atoms. The molecule has 0 aliphatic rings. The van der Waals surface area contributed by atoms with Crippen LogP contribution in [0, 0.1) is 6.92 Å². The fourth-order valence-electron chi connectivity index (χ4n) is 1.87. The lowest BCUT2D eigenvalue weighted by atomic mass is 10.1. The van der Waals surface area contributed by atoms with Gasteiger partial charge in [-0.25, -0.2) is 0 Å². The molecular weight excluding hydrogens is 390 g/mol. The molecule has 0 aliphatic heterocycles. The highest BCUT2D eigenvalue weighted by Crippen LogP contribution is 2.34. The van der Waals surface area contributed by atoms with Crippen molar-refractivity contribution in [3.8, 4) is 0 Å². The van der Waals surface area contributed by atoms with Gasteiger partial charge in [0.1, 0.15) is 0 Å². The van der Waals surface area contributed by atoms with Crippen molar-refractivity contribution < 1.29 is 4.79 Å². The second-order valence-electron chi connectivity index (χ2n) is 4.07. The van der Waals surface area contributed by atoms with Gasteiger partial charge in [0.15, 0.2) is 0 Å². The Kier molecular flexibility index (Phi) is 4.81. The smallest absolute Gasteiger partial charge is 0.268 e. The highest BCUT2D eigenvalue weighted by Gasteiger charge is 2.20. The predicted octanol–water partition coefficient (Wildman–Crippen LogP) is 5.25. The van der Waals surface area contributed by atoms with E-state index < -0.39 is 0 Å². The minimum absolute atomic E-state index is 0.0354. The Morgan fingerprint density at radius 1 is 1.32 bits per heavy atom. The minimum Gasteiger partial charge on any atom is -0.308 e. The summed E-state index contributed by atoms with van der Waals surface area (Å²) >= 11 is 8.29. The number of nitrogens with zero attached hydrogens (tertiary/aromatic N) is 1. The number of carbonyl (C=O) groups is 1. The van der Waals surface area contributed by atoms with Crippen LogP contribution in [-0.4, -0.2) is 12.5 Å². The number of carbonyl (C=O) groups excluding carboxylic acids is 1. The first-order chi connectivity index (χ1) is 9.04. The van der Waals surface area contributed by atoms with Gasteiger partial charge in [-0.15, -0.1) is 11.3 Å². The molecule has 1 aromatic carbocycles. The average molecular weight is 403 g/mol. The molecule has 0 N–H and O–H groups in total. The van der Waals surface area contributed by atoms with Crippen LogP contribution in [0.3, 0.4) is 0 Å². The van der Waals surface area contributed by atoms with E-state index in [0.29, 0.717) is 6.54 Å². The number of amides is 1. The summed E-state index contributed by atoms with van der Waals surface area (Å²) in [4.78, 5) is 15.1. The lowest BCUT2D eigenvalue weighted by Gasteiger charge is -2.22. The third kappa shape index (κ3) is 3.09. The van der Waals surface area contributed by atoms with E-state index in [2.05, 4.69) is 31.9 Å². The standard InChI is InChI=1S/C14H13Br2NOS/c1-3-17(11-7-5-4-6-9(11)2)14(18)12-8-10(15)13(16)19-12/h4-8H,3H2,1-2H3. The molecule has 0 spiro atoms. The topological polar surface area (TPSA) is 20.3 Å². The van der Waals surface area contributed by atoms with E-state index in [1.54, 1.807) is 4.90 Å². The van der Waals surface area contributed by atoms with Gasteiger partial charge in [-0.1, -0.05) is 18.2 Å². The molecule has 5 heteroatoms. The van der Waals surface area contributed by atoms with Gasteiger partial charge >= 0.3 is 0 Å². The van der Waals surface area contributed by atoms with Gasteiger partial charge in [0.2, 0.25) is 0 Å². The van der Waals surface area contributed by atoms with Crippen LogP contribution in [0.4, 0.5) is 5.69 Å². The van der Waals surface area contributed by atoms with Crippen LogP contribution in [0.15, 0.2) is 38.6 Å². The monoisotopic (exact) mass is 401 g/mol. The maximum atomic E-state index is 12.6. The van der Waals surface area contributed by atoms with Crippen molar-refractivity contribution in [2.75, 3.05) is 11.4 Å². The molecule has 1 aromatic heterocycles. The second-order valence-corrected chi connectivity index (χ2v) is 7.29. The van der Waals surface area contributed by atoms with E-state index in [-0.39, 0.29) is 5.91 Å². The summed E-state index contributed by atoms with van der Waals surface area (Å²) in [5.74, 6) is 0.0354. The van der Waals surface area contributed by atoms with E-state index in [1.807, 2.05) is 44.2 Å². The van der Waals surface area contributed by atoms with Crippen molar-refractivity contribution in [1.29, 1.82) is 0 Å². The molecule has 0 fully saturated rings. The SMILES string of the molecule is CCN(C(=O)c1cc(Br)c(Br)s1)c1ccccc1C. The Labute approximate surface area is 133 Å². The van der Waals surface area contributed by atoms with Crippen molar-refractivity contribution in [2.45, 2.75) is 13.8 Å². The summed E-state index contributed by atoms with van der Waals surface area (Å²) in [5, 5.41) is 0. The summed E-state index contributed by atoms with van der Waals surface area (Å²) in [6, 6.07) is 9.80. The first-order valence-electron chi connectivity index (χ1n) is 5.87. The number of aryl methyl sites for hydroxylation is 1. The number of thiophene rings is 1. The van der Waals surface area contributed by atoms with Gasteiger partial charge in [-0.3, -0.25) is 4.79 Å². The van der Waals surface area contributed by atoms with Crippen molar-refractivity contribution in [1.82, 2.24) is 0 Å². The third-order valence-electron chi connectivity index (χ3n) is 2.82. The first kappa shape index (κ1) is 14.8. The van der Waals surface area contributed by atoms with Crippen LogP contribution in [-0.2, 0) is 0 Å². The number of hydrogen-bond donors (Lipinski definition) is 0. The molecule has 0 aliphatic carbocycles. The van der Waals surface area contributed by atoms with E-state index in [4.69, 9.17) is 0 Å². The maximum absolute atomic E-state index is 12.6. The molecule has 0 saturated carbocycles. The highest BCUT2D eigenvalue weighted by molar-refractivity contribution is 9.13. The fraction of sp³-hybridized carbons (Fsp3) is 0.214. The minimum atomic E-state index is 0.0354. The molecule has 0 atom stereocenters. The summed E-state index contributed by atoms with van der Waals surface area (Å²) in [6.45, 7) is 4.66. The summed E-state index contributed by atoms with van der Waals surface area (Å²) < 4.78 is 1.86. The Morgan fingerprint density at radius 2 is 2.00 bits per heavy atom. The molecule has 0 radical (unpaired) electrons. The number of para-hydroxylation sites is 1. The molecule has 0 unspecified atom stereocenters. The molecule has 2 nitrogen and oxygen atoms in total. The van der Waals surface area contributed by atoms with E-state index in [9.17, 15) is 4.79 Å². The van der Waals surface area contributed by atoms with Gasteiger partial charge in [-0.05, 0) is 63.4 Å². The zero-order valence-corrected chi connectivity index (χ0v) is 14.6. The number of hydrogen-bond acceptors (Lipinski definition) is 2. The second kappa shape index (κ2) is 6.20. The zero-order valence-electron chi connectivity index (χ0n) is 10.6. The average Bonchev–Trinajstić information content (AvgIpc) is 2.73. The van der Waals surface area contributed by atoms with Crippen LogP contribution in [0.2, 0.25) is 0 Å². The number of rotatable bonds is 3. The number of benzene rings is 1. The molecule has 1 amide bonds. The normalized spacial score (nSPS) is 10.5. The van der Waals surface area contributed by atoms with E-state index in [0.717, 1.165) is 24.4 Å². The molecule has 0 saturated heterocycles. The van der Waals surface area contributed by atoms with Crippen molar-refractivity contribution >= 4 is 54.8 Å². The lowest BCUT2D eigenvalue weighted by Crippen LogP contribution is -2.30. The van der Waals surface area contributed by atoms with Crippen LogP contribution < -0.4 is 4.90 Å².